The van der Waals surface area contributed by atoms with Crippen LogP contribution in [0.3, 0.4) is 0 Å². The zero-order valence-corrected chi connectivity index (χ0v) is 21.3. The summed E-state index contributed by atoms with van der Waals surface area (Å²) in [5.41, 5.74) is 1.80. The summed E-state index contributed by atoms with van der Waals surface area (Å²) in [4.78, 5) is 29.4. The van der Waals surface area contributed by atoms with E-state index in [2.05, 4.69) is 11.9 Å². The van der Waals surface area contributed by atoms with E-state index >= 15 is 0 Å². The summed E-state index contributed by atoms with van der Waals surface area (Å²) in [5, 5.41) is 0.522. The highest BCUT2D eigenvalue weighted by Crippen LogP contribution is 2.31. The van der Waals surface area contributed by atoms with Gasteiger partial charge in [-0.2, -0.15) is 0 Å². The van der Waals surface area contributed by atoms with Crippen LogP contribution in [0.5, 0.6) is 17.2 Å². The Morgan fingerprint density at radius 3 is 2.43 bits per heavy atom. The first-order valence-electron chi connectivity index (χ1n) is 12.0. The van der Waals surface area contributed by atoms with Crippen molar-refractivity contribution in [3.8, 4) is 17.2 Å². The van der Waals surface area contributed by atoms with Crippen molar-refractivity contribution in [1.29, 1.82) is 0 Å². The molecule has 3 aromatic carbocycles. The van der Waals surface area contributed by atoms with Crippen LogP contribution in [0, 0.1) is 0 Å². The molecule has 0 aliphatic carbocycles. The fourth-order valence-electron chi connectivity index (χ4n) is 3.43. The maximum Gasteiger partial charge on any atom is 0.363 e. The quantitative estimate of drug-likeness (QED) is 0.132. The van der Waals surface area contributed by atoms with Crippen molar-refractivity contribution in [2.45, 2.75) is 26.7 Å². The van der Waals surface area contributed by atoms with Gasteiger partial charge in [-0.15, -0.1) is 0 Å². The summed E-state index contributed by atoms with van der Waals surface area (Å²) < 4.78 is 22.2. The van der Waals surface area contributed by atoms with Gasteiger partial charge in [-0.25, -0.2) is 14.6 Å². The Morgan fingerprint density at radius 2 is 1.73 bits per heavy atom. The van der Waals surface area contributed by atoms with Gasteiger partial charge in [0.1, 0.15) is 5.75 Å². The molecule has 1 heterocycles. The van der Waals surface area contributed by atoms with E-state index in [1.807, 2.05) is 19.1 Å². The predicted octanol–water partition coefficient (Wildman–Crippen LogP) is 6.48. The third kappa shape index (κ3) is 6.77. The van der Waals surface area contributed by atoms with E-state index < -0.39 is 11.9 Å². The minimum Gasteiger partial charge on any atom is -0.494 e. The van der Waals surface area contributed by atoms with Crippen molar-refractivity contribution in [3.05, 3.63) is 94.1 Å². The van der Waals surface area contributed by atoms with E-state index in [4.69, 9.17) is 30.5 Å². The molecule has 0 amide bonds. The first-order chi connectivity index (χ1) is 18.0. The molecule has 1 aliphatic rings. The molecule has 0 atom stereocenters. The first kappa shape index (κ1) is 26.0. The lowest BCUT2D eigenvalue weighted by molar-refractivity contribution is -0.129. The average molecular weight is 520 g/mol. The zero-order chi connectivity index (χ0) is 26.2. The van der Waals surface area contributed by atoms with Gasteiger partial charge in [0.25, 0.3) is 0 Å². The normalized spacial score (nSPS) is 13.8. The monoisotopic (exact) mass is 519 g/mol. The first-order valence-corrected chi connectivity index (χ1v) is 12.3. The summed E-state index contributed by atoms with van der Waals surface area (Å²) in [6.45, 7) is 4.93. The molecule has 0 saturated carbocycles. The molecule has 3 aromatic rings. The van der Waals surface area contributed by atoms with E-state index in [9.17, 15) is 9.59 Å². The number of carbonyl (C=O) groups is 2. The molecule has 0 spiro atoms. The van der Waals surface area contributed by atoms with E-state index in [-0.39, 0.29) is 17.3 Å². The minimum absolute atomic E-state index is 0.145. The number of rotatable bonds is 10. The van der Waals surface area contributed by atoms with E-state index in [1.54, 1.807) is 60.7 Å². The van der Waals surface area contributed by atoms with Crippen LogP contribution in [0.25, 0.3) is 6.08 Å². The van der Waals surface area contributed by atoms with Crippen LogP contribution < -0.4 is 14.2 Å². The molecule has 0 unspecified atom stereocenters. The molecule has 8 heteroatoms. The number of halogens is 1. The summed E-state index contributed by atoms with van der Waals surface area (Å²) in [6.07, 6.45) is 3.63. The molecule has 0 fully saturated rings. The van der Waals surface area contributed by atoms with Crippen molar-refractivity contribution in [2.75, 3.05) is 13.2 Å². The van der Waals surface area contributed by atoms with Crippen LogP contribution in [-0.4, -0.2) is 31.1 Å². The number of hydrogen-bond acceptors (Lipinski definition) is 7. The number of hydrogen-bond donors (Lipinski definition) is 0. The van der Waals surface area contributed by atoms with Crippen molar-refractivity contribution >= 4 is 35.5 Å². The fourth-order valence-corrected chi connectivity index (χ4v) is 3.56. The molecule has 0 radical (unpaired) electrons. The molecule has 190 valence electrons. The maximum absolute atomic E-state index is 12.5. The summed E-state index contributed by atoms with van der Waals surface area (Å²) in [6, 6.07) is 18.6. The Morgan fingerprint density at radius 1 is 0.973 bits per heavy atom. The van der Waals surface area contributed by atoms with E-state index in [1.165, 1.54) is 0 Å². The molecule has 7 nitrogen and oxygen atoms in total. The Hall–Kier alpha value is -4.10. The van der Waals surface area contributed by atoms with Crippen LogP contribution in [0.15, 0.2) is 77.4 Å². The minimum atomic E-state index is -0.561. The average Bonchev–Trinajstić information content (AvgIpc) is 3.26. The number of cyclic esters (lactones) is 1. The lowest BCUT2D eigenvalue weighted by Crippen LogP contribution is -2.09. The topological polar surface area (TPSA) is 83.4 Å². The number of benzene rings is 3. The second-order valence-electron chi connectivity index (χ2n) is 8.10. The smallest absolute Gasteiger partial charge is 0.363 e. The van der Waals surface area contributed by atoms with Crippen LogP contribution in [0.1, 0.15) is 48.2 Å². The van der Waals surface area contributed by atoms with Gasteiger partial charge in [0.05, 0.1) is 18.8 Å². The van der Waals surface area contributed by atoms with Gasteiger partial charge in [0.15, 0.2) is 17.2 Å². The standard InChI is InChI=1S/C29H26ClNO6/c1-3-5-16-35-23-13-9-20(10-14-23)27-31-24(29(33)37-27)17-19-6-15-25(26(18-19)34-4-2)36-28(32)21-7-11-22(30)12-8-21/h6-15,17-18H,3-5,16H2,1-2H3/b24-17-. The third-order valence-corrected chi connectivity index (χ3v) is 5.59. The van der Waals surface area contributed by atoms with Gasteiger partial charge in [-0.05, 0) is 85.6 Å². The van der Waals surface area contributed by atoms with Crippen molar-refractivity contribution < 1.29 is 28.5 Å². The van der Waals surface area contributed by atoms with Crippen LogP contribution in [-0.2, 0) is 9.53 Å². The SMILES string of the molecule is CCCCOc1ccc(C2=N/C(=C\c3ccc(OC(=O)c4ccc(Cl)cc4)c(OCC)c3)C(=O)O2)cc1. The third-order valence-electron chi connectivity index (χ3n) is 5.34. The predicted molar refractivity (Wildman–Crippen MR) is 141 cm³/mol. The maximum atomic E-state index is 12.5. The number of nitrogens with zero attached hydrogens (tertiary/aromatic N) is 1. The lowest BCUT2D eigenvalue weighted by Gasteiger charge is -2.11. The van der Waals surface area contributed by atoms with Crippen LogP contribution in [0.4, 0.5) is 0 Å². The highest BCUT2D eigenvalue weighted by atomic mass is 35.5. The zero-order valence-electron chi connectivity index (χ0n) is 20.5. The van der Waals surface area contributed by atoms with Gasteiger partial charge in [-0.3, -0.25) is 0 Å². The van der Waals surface area contributed by atoms with Crippen molar-refractivity contribution in [1.82, 2.24) is 0 Å². The second kappa shape index (κ2) is 12.2. The van der Waals surface area contributed by atoms with Gasteiger partial charge in [0, 0.05) is 10.6 Å². The fraction of sp³-hybridized carbons (Fsp3) is 0.207. The van der Waals surface area contributed by atoms with Gasteiger partial charge in [-0.1, -0.05) is 31.0 Å². The summed E-state index contributed by atoms with van der Waals surface area (Å²) in [7, 11) is 0. The Balaban J connectivity index is 1.51. The number of ether oxygens (including phenoxy) is 4. The largest absolute Gasteiger partial charge is 0.494 e. The van der Waals surface area contributed by atoms with Crippen LogP contribution >= 0.6 is 11.6 Å². The highest BCUT2D eigenvalue weighted by molar-refractivity contribution is 6.30. The molecular formula is C29H26ClNO6. The summed E-state index contributed by atoms with van der Waals surface area (Å²) >= 11 is 5.89. The molecule has 4 rings (SSSR count). The molecule has 37 heavy (non-hydrogen) atoms. The highest BCUT2D eigenvalue weighted by Gasteiger charge is 2.24. The summed E-state index contributed by atoms with van der Waals surface area (Å²) in [5.74, 6) is 0.471. The molecule has 0 saturated heterocycles. The number of aliphatic imine (C=N–C) groups is 1. The number of unbranched alkanes of at least 4 members (excludes halogenated alkanes) is 1. The van der Waals surface area contributed by atoms with Crippen molar-refractivity contribution in [2.24, 2.45) is 4.99 Å². The Kier molecular flexibility index (Phi) is 8.59. The van der Waals surface area contributed by atoms with Crippen LogP contribution in [0.2, 0.25) is 5.02 Å². The Labute approximate surface area is 220 Å². The Bertz CT molecular complexity index is 1330. The number of carbonyl (C=O) groups excluding carboxylic acids is 2. The second-order valence-corrected chi connectivity index (χ2v) is 8.53. The van der Waals surface area contributed by atoms with E-state index in [0.717, 1.165) is 18.6 Å². The van der Waals surface area contributed by atoms with Gasteiger partial charge in [0.2, 0.25) is 5.90 Å². The van der Waals surface area contributed by atoms with Crippen molar-refractivity contribution in [3.63, 3.8) is 0 Å². The molecule has 1 aliphatic heterocycles. The van der Waals surface area contributed by atoms with E-state index in [0.29, 0.717) is 40.7 Å². The molecular weight excluding hydrogens is 494 g/mol. The molecule has 0 bridgehead atoms. The van der Waals surface area contributed by atoms with Gasteiger partial charge < -0.3 is 18.9 Å². The molecule has 0 aromatic heterocycles. The molecule has 0 N–H and O–H groups in total. The lowest BCUT2D eigenvalue weighted by atomic mass is 10.1. The van der Waals surface area contributed by atoms with Gasteiger partial charge >= 0.3 is 11.9 Å². The number of esters is 2.